The highest BCUT2D eigenvalue weighted by Crippen LogP contribution is 2.22. The molecule has 0 bridgehead atoms. The first-order chi connectivity index (χ1) is 13.5. The van der Waals surface area contributed by atoms with Crippen LogP contribution >= 0.6 is 11.8 Å². The van der Waals surface area contributed by atoms with E-state index in [1.807, 2.05) is 30.0 Å². The van der Waals surface area contributed by atoms with Crippen molar-refractivity contribution in [2.24, 2.45) is 5.10 Å². The zero-order valence-electron chi connectivity index (χ0n) is 15.5. The summed E-state index contributed by atoms with van der Waals surface area (Å²) in [5, 5.41) is 3.84. The van der Waals surface area contributed by atoms with E-state index in [0.717, 1.165) is 60.1 Å². The van der Waals surface area contributed by atoms with Gasteiger partial charge in [-0.1, -0.05) is 0 Å². The van der Waals surface area contributed by atoms with Gasteiger partial charge in [-0.15, -0.1) is 0 Å². The molecule has 2 aromatic rings. The third-order valence-electron chi connectivity index (χ3n) is 4.31. The fraction of sp³-hybridized carbons (Fsp3) is 0.316. The standard InChI is InChI=1S/C19H22FN3O3S2/c1-26-19-7-2-15(12-16(19)14-23-8-10-27-11-9-23)13-21-22-28(24,25)18-5-3-17(20)4-6-18/h2-7,12-13,22H,8-11,14H2,1H3/b21-13-. The van der Waals surface area contributed by atoms with Gasteiger partial charge in [-0.05, 0) is 48.0 Å². The van der Waals surface area contributed by atoms with Gasteiger partial charge in [0.05, 0.1) is 18.2 Å². The maximum absolute atomic E-state index is 13.0. The Bertz CT molecular complexity index is 928. The number of thioether (sulfide) groups is 1. The number of methoxy groups -OCH3 is 1. The fourth-order valence-corrected chi connectivity index (χ4v) is 4.61. The summed E-state index contributed by atoms with van der Waals surface area (Å²) in [4.78, 5) is 4.46. The highest BCUT2D eigenvalue weighted by atomic mass is 32.2. The number of rotatable bonds is 7. The van der Waals surface area contributed by atoms with Crippen molar-refractivity contribution in [1.29, 1.82) is 0 Å². The second kappa shape index (κ2) is 9.40. The van der Waals surface area contributed by atoms with Crippen molar-refractivity contribution in [3.8, 4) is 5.75 Å². The number of hydrogen-bond acceptors (Lipinski definition) is 6. The van der Waals surface area contributed by atoms with Crippen LogP contribution in [-0.4, -0.2) is 51.2 Å². The van der Waals surface area contributed by atoms with Crippen LogP contribution in [0, 0.1) is 5.82 Å². The summed E-state index contributed by atoms with van der Waals surface area (Å²) in [7, 11) is -2.21. The molecule has 150 valence electrons. The highest BCUT2D eigenvalue weighted by Gasteiger charge is 2.14. The molecule has 1 aliphatic heterocycles. The van der Waals surface area contributed by atoms with E-state index in [2.05, 4.69) is 14.8 Å². The summed E-state index contributed by atoms with van der Waals surface area (Å²) in [6, 6.07) is 10.2. The minimum absolute atomic E-state index is 0.0514. The molecule has 0 amide bonds. The van der Waals surface area contributed by atoms with Crippen molar-refractivity contribution in [3.63, 3.8) is 0 Å². The molecule has 0 atom stereocenters. The summed E-state index contributed by atoms with van der Waals surface area (Å²) < 4.78 is 42.8. The zero-order chi connectivity index (χ0) is 20.0. The molecule has 1 fully saturated rings. The molecular weight excluding hydrogens is 401 g/mol. The van der Waals surface area contributed by atoms with E-state index in [1.165, 1.54) is 18.3 Å². The number of halogens is 1. The van der Waals surface area contributed by atoms with Crippen LogP contribution in [0.5, 0.6) is 5.75 Å². The highest BCUT2D eigenvalue weighted by molar-refractivity contribution is 7.99. The van der Waals surface area contributed by atoms with Crippen LogP contribution in [0.4, 0.5) is 4.39 Å². The summed E-state index contributed by atoms with van der Waals surface area (Å²) in [5.74, 6) is 2.53. The molecule has 28 heavy (non-hydrogen) atoms. The minimum atomic E-state index is -3.84. The first-order valence-corrected chi connectivity index (χ1v) is 11.4. The van der Waals surface area contributed by atoms with E-state index >= 15 is 0 Å². The molecule has 1 saturated heterocycles. The number of hydrazone groups is 1. The fourth-order valence-electron chi connectivity index (χ4n) is 2.84. The van der Waals surface area contributed by atoms with E-state index in [-0.39, 0.29) is 4.90 Å². The second-order valence-corrected chi connectivity index (χ2v) is 9.15. The summed E-state index contributed by atoms with van der Waals surface area (Å²) >= 11 is 1.95. The zero-order valence-corrected chi connectivity index (χ0v) is 17.1. The maximum atomic E-state index is 13.0. The first-order valence-electron chi connectivity index (χ1n) is 8.75. The molecule has 1 N–H and O–H groups in total. The van der Waals surface area contributed by atoms with Gasteiger partial charge in [-0.3, -0.25) is 4.90 Å². The lowest BCUT2D eigenvalue weighted by atomic mass is 10.1. The van der Waals surface area contributed by atoms with Crippen molar-refractivity contribution in [1.82, 2.24) is 9.73 Å². The molecule has 1 aliphatic rings. The summed E-state index contributed by atoms with van der Waals surface area (Å²) in [5.41, 5.74) is 1.78. The Labute approximate surface area is 168 Å². The molecule has 9 heteroatoms. The van der Waals surface area contributed by atoms with Crippen LogP contribution < -0.4 is 9.57 Å². The average molecular weight is 424 g/mol. The SMILES string of the molecule is COc1ccc(/C=N\NS(=O)(=O)c2ccc(F)cc2)cc1CN1CCSCC1. The predicted molar refractivity (Wildman–Crippen MR) is 110 cm³/mol. The van der Waals surface area contributed by atoms with E-state index < -0.39 is 15.8 Å². The minimum Gasteiger partial charge on any atom is -0.496 e. The largest absolute Gasteiger partial charge is 0.496 e. The maximum Gasteiger partial charge on any atom is 0.276 e. The van der Waals surface area contributed by atoms with Crippen LogP contribution in [0.25, 0.3) is 0 Å². The van der Waals surface area contributed by atoms with E-state index in [4.69, 9.17) is 4.74 Å². The van der Waals surface area contributed by atoms with Gasteiger partial charge in [0, 0.05) is 36.7 Å². The van der Waals surface area contributed by atoms with Crippen molar-refractivity contribution < 1.29 is 17.5 Å². The van der Waals surface area contributed by atoms with Crippen LogP contribution in [0.3, 0.4) is 0 Å². The molecule has 0 saturated carbocycles. The van der Waals surface area contributed by atoms with E-state index in [0.29, 0.717) is 0 Å². The molecule has 0 radical (unpaired) electrons. The van der Waals surface area contributed by atoms with E-state index in [1.54, 1.807) is 7.11 Å². The number of nitrogens with one attached hydrogen (secondary N) is 1. The first kappa shape index (κ1) is 20.6. The van der Waals surface area contributed by atoms with Gasteiger partial charge in [0.2, 0.25) is 0 Å². The van der Waals surface area contributed by atoms with Gasteiger partial charge < -0.3 is 4.74 Å². The number of sulfonamides is 1. The monoisotopic (exact) mass is 423 g/mol. The molecule has 3 rings (SSSR count). The number of hydrogen-bond donors (Lipinski definition) is 1. The Hall–Kier alpha value is -2.10. The molecule has 0 aliphatic carbocycles. The Morgan fingerprint density at radius 3 is 2.61 bits per heavy atom. The molecule has 1 heterocycles. The molecule has 0 unspecified atom stereocenters. The van der Waals surface area contributed by atoms with Crippen molar-refractivity contribution in [2.45, 2.75) is 11.4 Å². The topological polar surface area (TPSA) is 71.0 Å². The van der Waals surface area contributed by atoms with Crippen LogP contribution in [0.1, 0.15) is 11.1 Å². The van der Waals surface area contributed by atoms with Gasteiger partial charge in [-0.2, -0.15) is 25.3 Å². The smallest absolute Gasteiger partial charge is 0.276 e. The van der Waals surface area contributed by atoms with Crippen molar-refractivity contribution in [2.75, 3.05) is 31.7 Å². The van der Waals surface area contributed by atoms with Gasteiger partial charge in [0.1, 0.15) is 11.6 Å². The van der Waals surface area contributed by atoms with Crippen LogP contribution in [0.2, 0.25) is 0 Å². The average Bonchev–Trinajstić information content (AvgIpc) is 2.69. The van der Waals surface area contributed by atoms with Gasteiger partial charge in [-0.25, -0.2) is 9.22 Å². The lowest BCUT2D eigenvalue weighted by Crippen LogP contribution is -2.32. The lowest BCUT2D eigenvalue weighted by Gasteiger charge is -2.26. The number of nitrogens with zero attached hydrogens (tertiary/aromatic N) is 2. The van der Waals surface area contributed by atoms with Crippen molar-refractivity contribution >= 4 is 28.0 Å². The predicted octanol–water partition coefficient (Wildman–Crippen LogP) is 2.70. The number of ether oxygens (including phenoxy) is 1. The molecular formula is C19H22FN3O3S2. The van der Waals surface area contributed by atoms with Crippen LogP contribution in [-0.2, 0) is 16.6 Å². The summed E-state index contributed by atoms with van der Waals surface area (Å²) in [6.07, 6.45) is 1.44. The van der Waals surface area contributed by atoms with Crippen LogP contribution in [0.15, 0.2) is 52.5 Å². The molecule has 6 nitrogen and oxygen atoms in total. The van der Waals surface area contributed by atoms with E-state index in [9.17, 15) is 12.8 Å². The third-order valence-corrected chi connectivity index (χ3v) is 6.49. The summed E-state index contributed by atoms with van der Waals surface area (Å²) in [6.45, 7) is 2.83. The van der Waals surface area contributed by atoms with Gasteiger partial charge in [0.25, 0.3) is 10.0 Å². The lowest BCUT2D eigenvalue weighted by molar-refractivity contribution is 0.288. The molecule has 0 aromatic heterocycles. The normalized spacial score (nSPS) is 15.6. The molecule has 2 aromatic carbocycles. The Morgan fingerprint density at radius 1 is 1.21 bits per heavy atom. The Balaban J connectivity index is 1.70. The van der Waals surface area contributed by atoms with Gasteiger partial charge in [0.15, 0.2) is 0 Å². The Morgan fingerprint density at radius 2 is 1.93 bits per heavy atom. The molecule has 0 spiro atoms. The number of benzene rings is 2. The quantitative estimate of drug-likeness (QED) is 0.548. The van der Waals surface area contributed by atoms with Gasteiger partial charge >= 0.3 is 0 Å². The van der Waals surface area contributed by atoms with Crippen molar-refractivity contribution in [3.05, 3.63) is 59.4 Å². The third kappa shape index (κ3) is 5.46. The second-order valence-electron chi connectivity index (χ2n) is 6.27. The Kier molecular flexibility index (Phi) is 6.93.